The van der Waals surface area contributed by atoms with Gasteiger partial charge in [0.2, 0.25) is 5.82 Å². The summed E-state index contributed by atoms with van der Waals surface area (Å²) >= 11 is 0. The Bertz CT molecular complexity index is 1090. The van der Waals surface area contributed by atoms with E-state index in [9.17, 15) is 10.1 Å². The molecule has 0 radical (unpaired) electrons. The van der Waals surface area contributed by atoms with Crippen LogP contribution in [0.4, 0.5) is 17.2 Å². The summed E-state index contributed by atoms with van der Waals surface area (Å²) in [5.74, 6) is 0.689. The van der Waals surface area contributed by atoms with E-state index in [4.69, 9.17) is 9.47 Å². The molecule has 0 spiro atoms. The van der Waals surface area contributed by atoms with Gasteiger partial charge in [0.05, 0.1) is 30.4 Å². The predicted octanol–water partition coefficient (Wildman–Crippen LogP) is 3.05. The SMILES string of the molecule is COCCNc1nc(-n2ccc(-c3cccc(C)c3)n2)cc(N2CCOCC2)c1[N+](=O)[O-]. The van der Waals surface area contributed by atoms with E-state index in [2.05, 4.69) is 21.5 Å². The third-order valence-corrected chi connectivity index (χ3v) is 5.23. The molecule has 1 aromatic carbocycles. The average molecular weight is 438 g/mol. The van der Waals surface area contributed by atoms with Gasteiger partial charge in [-0.15, -0.1) is 0 Å². The molecule has 0 unspecified atom stereocenters. The molecule has 0 aliphatic carbocycles. The lowest BCUT2D eigenvalue weighted by Gasteiger charge is -2.29. The van der Waals surface area contributed by atoms with Crippen molar-refractivity contribution in [3.8, 4) is 17.1 Å². The van der Waals surface area contributed by atoms with E-state index in [0.29, 0.717) is 51.0 Å². The molecular formula is C22H26N6O4. The zero-order chi connectivity index (χ0) is 22.5. The Morgan fingerprint density at radius 3 is 2.78 bits per heavy atom. The van der Waals surface area contributed by atoms with Gasteiger partial charge in [0.25, 0.3) is 0 Å². The van der Waals surface area contributed by atoms with Crippen molar-refractivity contribution in [3.05, 3.63) is 58.3 Å². The first-order chi connectivity index (χ1) is 15.6. The third kappa shape index (κ3) is 4.71. The number of hydrogen-bond donors (Lipinski definition) is 1. The van der Waals surface area contributed by atoms with Crippen molar-refractivity contribution in [2.75, 3.05) is 56.8 Å². The molecule has 1 aliphatic heterocycles. The number of nitro groups is 1. The largest absolute Gasteiger partial charge is 0.383 e. The maximum atomic E-state index is 12.0. The van der Waals surface area contributed by atoms with E-state index in [1.165, 1.54) is 0 Å². The average Bonchev–Trinajstić information content (AvgIpc) is 3.30. The summed E-state index contributed by atoms with van der Waals surface area (Å²) in [6.07, 6.45) is 1.81. The van der Waals surface area contributed by atoms with Gasteiger partial charge in [-0.1, -0.05) is 23.8 Å². The molecule has 1 N–H and O–H groups in total. The molecule has 1 aliphatic rings. The molecule has 0 amide bonds. The van der Waals surface area contributed by atoms with E-state index in [0.717, 1.165) is 16.8 Å². The Kier molecular flexibility index (Phi) is 6.62. The normalized spacial score (nSPS) is 13.9. The number of nitrogens with zero attached hydrogens (tertiary/aromatic N) is 5. The summed E-state index contributed by atoms with van der Waals surface area (Å²) in [5, 5.41) is 19.7. The van der Waals surface area contributed by atoms with E-state index in [-0.39, 0.29) is 11.5 Å². The number of aromatic nitrogens is 3. The number of benzene rings is 1. The summed E-state index contributed by atoms with van der Waals surface area (Å²) in [6, 6.07) is 11.7. The lowest BCUT2D eigenvalue weighted by Crippen LogP contribution is -2.36. The van der Waals surface area contributed by atoms with Crippen LogP contribution in [0.3, 0.4) is 0 Å². The Hall–Kier alpha value is -3.50. The first-order valence-corrected chi connectivity index (χ1v) is 10.4. The van der Waals surface area contributed by atoms with Crippen LogP contribution in [0.15, 0.2) is 42.6 Å². The van der Waals surface area contributed by atoms with E-state index < -0.39 is 4.92 Å². The third-order valence-electron chi connectivity index (χ3n) is 5.23. The smallest absolute Gasteiger partial charge is 0.334 e. The topological polar surface area (TPSA) is 108 Å². The Morgan fingerprint density at radius 1 is 1.25 bits per heavy atom. The Labute approximate surface area is 185 Å². The summed E-state index contributed by atoms with van der Waals surface area (Å²) in [4.78, 5) is 18.1. The fraction of sp³-hybridized carbons (Fsp3) is 0.364. The van der Waals surface area contributed by atoms with Gasteiger partial charge in [-0.05, 0) is 19.1 Å². The lowest BCUT2D eigenvalue weighted by molar-refractivity contribution is -0.383. The number of pyridine rings is 1. The number of ether oxygens (including phenoxy) is 2. The molecule has 3 aromatic rings. The molecule has 1 saturated heterocycles. The van der Waals surface area contributed by atoms with Crippen molar-refractivity contribution in [1.29, 1.82) is 0 Å². The zero-order valence-electron chi connectivity index (χ0n) is 18.2. The fourth-order valence-electron chi connectivity index (χ4n) is 3.66. The molecule has 0 atom stereocenters. The number of morpholine rings is 1. The zero-order valence-corrected chi connectivity index (χ0v) is 18.2. The highest BCUT2D eigenvalue weighted by Crippen LogP contribution is 2.36. The highest BCUT2D eigenvalue weighted by molar-refractivity contribution is 5.76. The maximum absolute atomic E-state index is 12.0. The highest BCUT2D eigenvalue weighted by Gasteiger charge is 2.28. The first-order valence-electron chi connectivity index (χ1n) is 10.4. The molecule has 0 bridgehead atoms. The number of methoxy groups -OCH3 is 1. The van der Waals surface area contributed by atoms with Crippen LogP contribution in [-0.2, 0) is 9.47 Å². The number of aryl methyl sites for hydroxylation is 1. The van der Waals surface area contributed by atoms with Crippen molar-refractivity contribution in [1.82, 2.24) is 14.8 Å². The first kappa shape index (κ1) is 21.7. The van der Waals surface area contributed by atoms with Crippen molar-refractivity contribution >= 4 is 17.2 Å². The van der Waals surface area contributed by atoms with Gasteiger partial charge in [0, 0.05) is 44.6 Å². The van der Waals surface area contributed by atoms with E-state index in [1.807, 2.05) is 42.3 Å². The standard InChI is InChI=1S/C22H26N6O4/c1-16-4-3-5-17(14-16)18-6-8-27(25-18)20-15-19(26-9-12-32-13-10-26)21(28(29)30)22(24-20)23-7-11-31-2/h3-6,8,14-15H,7,9-13H2,1-2H3,(H,23,24). The Balaban J connectivity index is 1.77. The molecular weight excluding hydrogens is 412 g/mol. The Morgan fingerprint density at radius 2 is 2.06 bits per heavy atom. The molecule has 168 valence electrons. The number of hydrogen-bond acceptors (Lipinski definition) is 8. The molecule has 2 aromatic heterocycles. The molecule has 4 rings (SSSR count). The molecule has 3 heterocycles. The van der Waals surface area contributed by atoms with Crippen LogP contribution in [0.25, 0.3) is 17.1 Å². The second-order valence-corrected chi connectivity index (χ2v) is 7.49. The minimum absolute atomic E-state index is 0.0576. The summed E-state index contributed by atoms with van der Waals surface area (Å²) < 4.78 is 12.2. The van der Waals surface area contributed by atoms with Gasteiger partial charge in [-0.2, -0.15) is 5.10 Å². The summed E-state index contributed by atoms with van der Waals surface area (Å²) in [7, 11) is 1.58. The van der Waals surface area contributed by atoms with Crippen LogP contribution in [0.1, 0.15) is 5.56 Å². The van der Waals surface area contributed by atoms with Crippen LogP contribution < -0.4 is 10.2 Å². The van der Waals surface area contributed by atoms with Crippen LogP contribution >= 0.6 is 0 Å². The second kappa shape index (κ2) is 9.75. The van der Waals surface area contributed by atoms with Crippen molar-refractivity contribution in [2.45, 2.75) is 6.92 Å². The maximum Gasteiger partial charge on any atom is 0.334 e. The number of rotatable bonds is 8. The summed E-state index contributed by atoms with van der Waals surface area (Å²) in [6.45, 7) is 4.98. The minimum atomic E-state index is -0.391. The van der Waals surface area contributed by atoms with Crippen molar-refractivity contribution in [3.63, 3.8) is 0 Å². The molecule has 10 nitrogen and oxygen atoms in total. The number of nitrogens with one attached hydrogen (secondary N) is 1. The predicted molar refractivity (Wildman–Crippen MR) is 122 cm³/mol. The van der Waals surface area contributed by atoms with Gasteiger partial charge >= 0.3 is 5.69 Å². The minimum Gasteiger partial charge on any atom is -0.383 e. The van der Waals surface area contributed by atoms with Crippen molar-refractivity contribution in [2.24, 2.45) is 0 Å². The van der Waals surface area contributed by atoms with Crippen LogP contribution in [-0.4, -0.2) is 66.3 Å². The van der Waals surface area contributed by atoms with Gasteiger partial charge in [0.15, 0.2) is 5.82 Å². The lowest BCUT2D eigenvalue weighted by atomic mass is 10.1. The van der Waals surface area contributed by atoms with E-state index >= 15 is 0 Å². The van der Waals surface area contributed by atoms with Crippen LogP contribution in [0.5, 0.6) is 0 Å². The fourth-order valence-corrected chi connectivity index (χ4v) is 3.66. The van der Waals surface area contributed by atoms with Crippen LogP contribution in [0, 0.1) is 17.0 Å². The van der Waals surface area contributed by atoms with Gasteiger partial charge < -0.3 is 19.7 Å². The van der Waals surface area contributed by atoms with Gasteiger partial charge in [0.1, 0.15) is 5.69 Å². The van der Waals surface area contributed by atoms with Crippen LogP contribution in [0.2, 0.25) is 0 Å². The van der Waals surface area contributed by atoms with Gasteiger partial charge in [-0.25, -0.2) is 9.67 Å². The summed E-state index contributed by atoms with van der Waals surface area (Å²) in [5.41, 5.74) is 3.38. The number of anilines is 2. The molecule has 10 heteroatoms. The van der Waals surface area contributed by atoms with Gasteiger partial charge in [-0.3, -0.25) is 10.1 Å². The second-order valence-electron chi connectivity index (χ2n) is 7.49. The van der Waals surface area contributed by atoms with Crippen molar-refractivity contribution < 1.29 is 14.4 Å². The monoisotopic (exact) mass is 438 g/mol. The molecule has 1 fully saturated rings. The molecule has 0 saturated carbocycles. The quantitative estimate of drug-likeness (QED) is 0.325. The van der Waals surface area contributed by atoms with E-state index in [1.54, 1.807) is 17.9 Å². The molecule has 32 heavy (non-hydrogen) atoms. The highest BCUT2D eigenvalue weighted by atomic mass is 16.6.